The van der Waals surface area contributed by atoms with E-state index in [4.69, 9.17) is 18.9 Å². The molecule has 0 fully saturated rings. The van der Waals surface area contributed by atoms with Crippen molar-refractivity contribution in [3.05, 3.63) is 35.9 Å². The summed E-state index contributed by atoms with van der Waals surface area (Å²) in [5.74, 6) is 2.90. The zero-order valence-electron chi connectivity index (χ0n) is 22.8. The lowest BCUT2D eigenvalue weighted by Gasteiger charge is -2.20. The lowest BCUT2D eigenvalue weighted by Crippen LogP contribution is -2.03. The van der Waals surface area contributed by atoms with Gasteiger partial charge in [-0.05, 0) is 36.8 Å². The van der Waals surface area contributed by atoms with Gasteiger partial charge < -0.3 is 24.1 Å². The first-order chi connectivity index (χ1) is 17.6. The Morgan fingerprint density at radius 3 is 1.56 bits per heavy atom. The second kappa shape index (κ2) is 14.2. The molecule has 0 aromatic heterocycles. The number of rotatable bonds is 16. The van der Waals surface area contributed by atoms with Gasteiger partial charge in [-0.3, -0.25) is 0 Å². The van der Waals surface area contributed by atoms with Gasteiger partial charge in [-0.2, -0.15) is 0 Å². The number of benzene rings is 3. The van der Waals surface area contributed by atoms with Crippen molar-refractivity contribution in [3.8, 4) is 23.0 Å². The third-order valence-electron chi connectivity index (χ3n) is 7.19. The molecule has 0 aliphatic heterocycles. The largest absolute Gasteiger partial charge is 0.496 e. The maximum atomic E-state index is 11.2. The van der Waals surface area contributed by atoms with Crippen LogP contribution in [0, 0.1) is 0 Å². The Morgan fingerprint density at radius 1 is 0.583 bits per heavy atom. The Bertz CT molecular complexity index is 1110. The number of hydrogen-bond donors (Lipinski definition) is 1. The highest BCUT2D eigenvalue weighted by atomic mass is 16.5. The van der Waals surface area contributed by atoms with E-state index in [0.29, 0.717) is 17.9 Å². The topological polar surface area (TPSA) is 57.2 Å². The van der Waals surface area contributed by atoms with Crippen LogP contribution in [0.1, 0.15) is 89.2 Å². The van der Waals surface area contributed by atoms with Crippen LogP contribution in [0.3, 0.4) is 0 Å². The van der Waals surface area contributed by atoms with Crippen LogP contribution in [-0.2, 0) is 0 Å². The van der Waals surface area contributed by atoms with Gasteiger partial charge in [0.1, 0.15) is 23.0 Å². The molecule has 36 heavy (non-hydrogen) atoms. The van der Waals surface area contributed by atoms with Crippen molar-refractivity contribution in [2.75, 3.05) is 28.4 Å². The van der Waals surface area contributed by atoms with Crippen LogP contribution in [0.4, 0.5) is 0 Å². The van der Waals surface area contributed by atoms with E-state index < -0.39 is 6.10 Å². The molecule has 5 nitrogen and oxygen atoms in total. The van der Waals surface area contributed by atoms with Gasteiger partial charge in [0.25, 0.3) is 0 Å². The summed E-state index contributed by atoms with van der Waals surface area (Å²) in [6.07, 6.45) is 12.8. The van der Waals surface area contributed by atoms with Gasteiger partial charge in [0.05, 0.1) is 34.5 Å². The molecule has 0 aliphatic rings. The Labute approximate surface area is 216 Å². The molecule has 3 aromatic carbocycles. The fourth-order valence-electron chi connectivity index (χ4n) is 5.15. The summed E-state index contributed by atoms with van der Waals surface area (Å²) < 4.78 is 22.9. The van der Waals surface area contributed by atoms with Crippen LogP contribution < -0.4 is 18.9 Å². The van der Waals surface area contributed by atoms with Crippen molar-refractivity contribution < 1.29 is 24.1 Å². The molecule has 5 heteroatoms. The van der Waals surface area contributed by atoms with Gasteiger partial charge in [0, 0.05) is 27.1 Å². The zero-order chi connectivity index (χ0) is 25.9. The first-order valence-corrected chi connectivity index (χ1v) is 13.5. The van der Waals surface area contributed by atoms with E-state index in [2.05, 4.69) is 6.92 Å². The van der Waals surface area contributed by atoms with E-state index in [1.807, 2.05) is 30.3 Å². The third-order valence-corrected chi connectivity index (χ3v) is 7.19. The predicted octanol–water partition coefficient (Wildman–Crippen LogP) is 8.37. The summed E-state index contributed by atoms with van der Waals surface area (Å²) in [6, 6.07) is 9.82. The van der Waals surface area contributed by atoms with Gasteiger partial charge in [-0.25, -0.2) is 0 Å². The number of methoxy groups -OCH3 is 4. The summed E-state index contributed by atoms with van der Waals surface area (Å²) >= 11 is 0. The van der Waals surface area contributed by atoms with E-state index in [0.717, 1.165) is 51.4 Å². The maximum absolute atomic E-state index is 11.2. The van der Waals surface area contributed by atoms with Gasteiger partial charge in [-0.15, -0.1) is 0 Å². The lowest BCUT2D eigenvalue weighted by molar-refractivity contribution is 0.159. The van der Waals surface area contributed by atoms with Crippen LogP contribution >= 0.6 is 0 Å². The zero-order valence-corrected chi connectivity index (χ0v) is 22.8. The number of ether oxygens (including phenoxy) is 4. The highest BCUT2D eigenvalue weighted by molar-refractivity contribution is 6.08. The molecule has 1 N–H and O–H groups in total. The quantitative estimate of drug-likeness (QED) is 0.159. The smallest absolute Gasteiger partial charge is 0.132 e. The van der Waals surface area contributed by atoms with Gasteiger partial charge >= 0.3 is 0 Å². The Balaban J connectivity index is 1.78. The van der Waals surface area contributed by atoms with E-state index in [-0.39, 0.29) is 0 Å². The number of aliphatic hydroxyl groups is 1. The standard InChI is InChI=1S/C31H44O5/c1-6-7-8-9-10-11-12-13-14-15-16-27(32)26-21-30(35-4)24-19-22-23(20-25(24)31(26)36-5)29(34-3)18-17-28(22)33-2/h17-21,27,32H,6-16H2,1-5H3. The molecule has 0 aliphatic carbocycles. The average Bonchev–Trinajstić information content (AvgIpc) is 2.91. The third kappa shape index (κ3) is 6.56. The Morgan fingerprint density at radius 2 is 1.06 bits per heavy atom. The molecule has 0 saturated carbocycles. The Kier molecular flexibility index (Phi) is 11.0. The molecular formula is C31H44O5. The predicted molar refractivity (Wildman–Crippen MR) is 149 cm³/mol. The SMILES string of the molecule is CCCCCCCCCCCCC(O)c1cc(OC)c2cc3c(OC)ccc(OC)c3cc2c1OC. The number of aliphatic hydroxyl groups excluding tert-OH is 1. The average molecular weight is 497 g/mol. The molecule has 3 aromatic rings. The van der Waals surface area contributed by atoms with E-state index in [1.165, 1.54) is 51.4 Å². The highest BCUT2D eigenvalue weighted by Gasteiger charge is 2.21. The summed E-state index contributed by atoms with van der Waals surface area (Å²) in [7, 11) is 6.64. The number of hydrogen-bond acceptors (Lipinski definition) is 5. The molecule has 3 rings (SSSR count). The Hall–Kier alpha value is -2.66. The second-order valence-corrected chi connectivity index (χ2v) is 9.60. The fourth-order valence-corrected chi connectivity index (χ4v) is 5.15. The minimum absolute atomic E-state index is 0.616. The van der Waals surface area contributed by atoms with Crippen LogP contribution in [0.15, 0.2) is 30.3 Å². The van der Waals surface area contributed by atoms with Crippen LogP contribution in [-0.4, -0.2) is 33.5 Å². The first kappa shape index (κ1) is 27.9. The number of unbranched alkanes of at least 4 members (excludes halogenated alkanes) is 9. The second-order valence-electron chi connectivity index (χ2n) is 9.60. The monoisotopic (exact) mass is 496 g/mol. The van der Waals surface area contributed by atoms with Crippen LogP contribution in [0.5, 0.6) is 23.0 Å². The van der Waals surface area contributed by atoms with Crippen molar-refractivity contribution in [2.45, 2.75) is 83.7 Å². The van der Waals surface area contributed by atoms with Crippen molar-refractivity contribution in [1.29, 1.82) is 0 Å². The van der Waals surface area contributed by atoms with E-state index in [1.54, 1.807) is 28.4 Å². The molecule has 0 heterocycles. The van der Waals surface area contributed by atoms with Gasteiger partial charge in [0.2, 0.25) is 0 Å². The number of fused-ring (bicyclic) bond motifs is 2. The minimum atomic E-state index is -0.616. The van der Waals surface area contributed by atoms with Crippen LogP contribution in [0.2, 0.25) is 0 Å². The van der Waals surface area contributed by atoms with E-state index in [9.17, 15) is 5.11 Å². The first-order valence-electron chi connectivity index (χ1n) is 13.5. The molecule has 0 radical (unpaired) electrons. The lowest BCUT2D eigenvalue weighted by atomic mass is 9.94. The molecule has 0 bridgehead atoms. The van der Waals surface area contributed by atoms with Crippen molar-refractivity contribution in [1.82, 2.24) is 0 Å². The van der Waals surface area contributed by atoms with Crippen LogP contribution in [0.25, 0.3) is 21.5 Å². The van der Waals surface area contributed by atoms with Gasteiger partial charge in [0.15, 0.2) is 0 Å². The van der Waals surface area contributed by atoms with Crippen molar-refractivity contribution in [3.63, 3.8) is 0 Å². The minimum Gasteiger partial charge on any atom is -0.496 e. The molecule has 0 amide bonds. The van der Waals surface area contributed by atoms with E-state index >= 15 is 0 Å². The molecule has 0 saturated heterocycles. The van der Waals surface area contributed by atoms with Crippen molar-refractivity contribution >= 4 is 21.5 Å². The summed E-state index contributed by atoms with van der Waals surface area (Å²) in [4.78, 5) is 0. The fraction of sp³-hybridized carbons (Fsp3) is 0.548. The molecular weight excluding hydrogens is 452 g/mol. The summed E-state index contributed by atoms with van der Waals surface area (Å²) in [5.41, 5.74) is 0.763. The summed E-state index contributed by atoms with van der Waals surface area (Å²) in [5, 5.41) is 14.8. The molecule has 1 unspecified atom stereocenters. The maximum Gasteiger partial charge on any atom is 0.132 e. The molecule has 0 spiro atoms. The van der Waals surface area contributed by atoms with Gasteiger partial charge in [-0.1, -0.05) is 71.1 Å². The molecule has 198 valence electrons. The highest BCUT2D eigenvalue weighted by Crippen LogP contribution is 2.45. The normalized spacial score (nSPS) is 12.2. The summed E-state index contributed by atoms with van der Waals surface area (Å²) in [6.45, 7) is 2.26. The van der Waals surface area contributed by atoms with Crippen molar-refractivity contribution in [2.24, 2.45) is 0 Å². The molecule has 1 atom stereocenters.